The summed E-state index contributed by atoms with van der Waals surface area (Å²) in [6, 6.07) is 0. The first-order valence-electron chi connectivity index (χ1n) is 2.06. The van der Waals surface area contributed by atoms with Crippen molar-refractivity contribution in [3.63, 3.8) is 0 Å². The van der Waals surface area contributed by atoms with Gasteiger partial charge < -0.3 is 10.5 Å². The van der Waals surface area contributed by atoms with E-state index < -0.39 is 11.3 Å². The highest BCUT2D eigenvalue weighted by Crippen LogP contribution is 2.19. The molecule has 0 radical (unpaired) electrons. The normalized spacial score (nSPS) is 25.2. The van der Waals surface area contributed by atoms with Crippen molar-refractivity contribution in [1.29, 1.82) is 0 Å². The van der Waals surface area contributed by atoms with Crippen molar-refractivity contribution in [3.8, 4) is 0 Å². The second-order valence-electron chi connectivity index (χ2n) is 1.28. The van der Waals surface area contributed by atoms with Gasteiger partial charge in [0.2, 0.25) is 5.44 Å². The van der Waals surface area contributed by atoms with E-state index in [4.69, 9.17) is 10.5 Å². The molecule has 3 nitrogen and oxygen atoms in total. The van der Waals surface area contributed by atoms with Crippen molar-refractivity contribution in [2.75, 3.05) is 0 Å². The van der Waals surface area contributed by atoms with Gasteiger partial charge in [0.1, 0.15) is 0 Å². The SMILES string of the molecule is NC(=O)C1OC=CS1. The van der Waals surface area contributed by atoms with Gasteiger partial charge in [-0.05, 0) is 0 Å². The van der Waals surface area contributed by atoms with Gasteiger partial charge in [-0.2, -0.15) is 0 Å². The van der Waals surface area contributed by atoms with E-state index in [1.165, 1.54) is 18.0 Å². The predicted molar refractivity (Wildman–Crippen MR) is 30.8 cm³/mol. The number of amides is 1. The number of rotatable bonds is 1. The summed E-state index contributed by atoms with van der Waals surface area (Å²) in [6.07, 6.45) is 1.46. The van der Waals surface area contributed by atoms with Crippen LogP contribution in [0.5, 0.6) is 0 Å². The maximum absolute atomic E-state index is 10.2. The Morgan fingerprint density at radius 1 is 1.88 bits per heavy atom. The molecule has 1 rings (SSSR count). The molecule has 0 fully saturated rings. The molecule has 4 heteroatoms. The molecule has 0 aromatic carbocycles. The molecule has 0 spiro atoms. The van der Waals surface area contributed by atoms with Crippen LogP contribution in [0.1, 0.15) is 0 Å². The fraction of sp³-hybridized carbons (Fsp3) is 0.250. The third-order valence-corrected chi connectivity index (χ3v) is 1.55. The molecule has 1 atom stereocenters. The molecule has 1 heterocycles. The summed E-state index contributed by atoms with van der Waals surface area (Å²) in [5, 5.41) is 1.69. The van der Waals surface area contributed by atoms with Crippen molar-refractivity contribution in [2.24, 2.45) is 5.73 Å². The van der Waals surface area contributed by atoms with E-state index in [0.717, 1.165) is 0 Å². The second-order valence-corrected chi connectivity index (χ2v) is 2.25. The monoisotopic (exact) mass is 131 g/mol. The van der Waals surface area contributed by atoms with Crippen molar-refractivity contribution in [1.82, 2.24) is 0 Å². The number of primary amides is 1. The van der Waals surface area contributed by atoms with Crippen LogP contribution < -0.4 is 5.73 Å². The summed E-state index contributed by atoms with van der Waals surface area (Å²) < 4.78 is 4.72. The summed E-state index contributed by atoms with van der Waals surface area (Å²) in [6.45, 7) is 0. The second kappa shape index (κ2) is 2.09. The van der Waals surface area contributed by atoms with Crippen LogP contribution in [0.15, 0.2) is 11.7 Å². The molecule has 0 aromatic rings. The molecule has 44 valence electrons. The number of carbonyl (C=O) groups excluding carboxylic acids is 1. The van der Waals surface area contributed by atoms with Crippen LogP contribution in [0.25, 0.3) is 0 Å². The van der Waals surface area contributed by atoms with E-state index >= 15 is 0 Å². The van der Waals surface area contributed by atoms with Crippen LogP contribution in [-0.4, -0.2) is 11.3 Å². The zero-order valence-electron chi connectivity index (χ0n) is 4.03. The van der Waals surface area contributed by atoms with Crippen LogP contribution in [0.4, 0.5) is 0 Å². The largest absolute Gasteiger partial charge is 0.477 e. The van der Waals surface area contributed by atoms with E-state index in [1.54, 1.807) is 5.41 Å². The quantitative estimate of drug-likeness (QED) is 0.546. The maximum Gasteiger partial charge on any atom is 0.269 e. The molecule has 0 aliphatic carbocycles. The maximum atomic E-state index is 10.2. The molecule has 1 aliphatic heterocycles. The molecule has 2 N–H and O–H groups in total. The van der Waals surface area contributed by atoms with Gasteiger partial charge in [-0.25, -0.2) is 0 Å². The zero-order chi connectivity index (χ0) is 5.98. The van der Waals surface area contributed by atoms with Gasteiger partial charge in [0, 0.05) is 5.41 Å². The first kappa shape index (κ1) is 5.50. The topological polar surface area (TPSA) is 52.3 Å². The number of hydrogen-bond acceptors (Lipinski definition) is 3. The number of ether oxygens (including phenoxy) is 1. The van der Waals surface area contributed by atoms with Crippen LogP contribution in [-0.2, 0) is 9.53 Å². The summed E-state index contributed by atoms with van der Waals surface area (Å²) in [4.78, 5) is 10.2. The molecule has 0 bridgehead atoms. The molecule has 1 amide bonds. The van der Waals surface area contributed by atoms with Gasteiger partial charge in [-0.1, -0.05) is 11.8 Å². The van der Waals surface area contributed by atoms with Crippen LogP contribution in [0, 0.1) is 0 Å². The first-order chi connectivity index (χ1) is 3.80. The Morgan fingerprint density at radius 2 is 2.62 bits per heavy atom. The number of carbonyl (C=O) groups is 1. The molecule has 1 unspecified atom stereocenters. The lowest BCUT2D eigenvalue weighted by Gasteiger charge is -2.00. The Balaban J connectivity index is 2.41. The Bertz CT molecular complexity index is 126. The summed E-state index contributed by atoms with van der Waals surface area (Å²) >= 11 is 1.27. The smallest absolute Gasteiger partial charge is 0.269 e. The lowest BCUT2D eigenvalue weighted by molar-refractivity contribution is -0.122. The Labute approximate surface area is 50.9 Å². The summed E-state index contributed by atoms with van der Waals surface area (Å²) in [7, 11) is 0. The van der Waals surface area contributed by atoms with Gasteiger partial charge in [0.05, 0.1) is 6.26 Å². The van der Waals surface area contributed by atoms with Crippen molar-refractivity contribution >= 4 is 17.7 Å². The number of nitrogens with two attached hydrogens (primary N) is 1. The van der Waals surface area contributed by atoms with E-state index in [2.05, 4.69) is 0 Å². The van der Waals surface area contributed by atoms with Crippen LogP contribution >= 0.6 is 11.8 Å². The molecular formula is C4H5NO2S. The third-order valence-electron chi connectivity index (χ3n) is 0.692. The van der Waals surface area contributed by atoms with Gasteiger partial charge in [0.25, 0.3) is 5.91 Å². The van der Waals surface area contributed by atoms with E-state index in [9.17, 15) is 4.79 Å². The van der Waals surface area contributed by atoms with Crippen molar-refractivity contribution in [3.05, 3.63) is 11.7 Å². The molecule has 0 aromatic heterocycles. The Hall–Kier alpha value is -0.640. The number of hydrogen-bond donors (Lipinski definition) is 1. The highest BCUT2D eigenvalue weighted by Gasteiger charge is 2.17. The Morgan fingerprint density at radius 3 is 2.88 bits per heavy atom. The highest BCUT2D eigenvalue weighted by molar-refractivity contribution is 8.03. The van der Waals surface area contributed by atoms with Gasteiger partial charge >= 0.3 is 0 Å². The fourth-order valence-electron chi connectivity index (χ4n) is 0.373. The lowest BCUT2D eigenvalue weighted by Crippen LogP contribution is -2.24. The summed E-state index contributed by atoms with van der Waals surface area (Å²) in [5.74, 6) is -0.431. The van der Waals surface area contributed by atoms with Crippen molar-refractivity contribution < 1.29 is 9.53 Å². The molecule has 0 saturated heterocycles. The van der Waals surface area contributed by atoms with E-state index in [-0.39, 0.29) is 0 Å². The average molecular weight is 131 g/mol. The predicted octanol–water partition coefficient (Wildman–Crippen LogP) is 0.0324. The van der Waals surface area contributed by atoms with Crippen LogP contribution in [0.3, 0.4) is 0 Å². The zero-order valence-corrected chi connectivity index (χ0v) is 4.85. The molecular weight excluding hydrogens is 126 g/mol. The van der Waals surface area contributed by atoms with Gasteiger partial charge in [-0.3, -0.25) is 4.79 Å². The van der Waals surface area contributed by atoms with Gasteiger partial charge in [-0.15, -0.1) is 0 Å². The van der Waals surface area contributed by atoms with Crippen LogP contribution in [0.2, 0.25) is 0 Å². The average Bonchev–Trinajstić information content (AvgIpc) is 2.12. The third kappa shape index (κ3) is 0.949. The fourth-order valence-corrected chi connectivity index (χ4v) is 0.907. The Kier molecular flexibility index (Phi) is 1.43. The van der Waals surface area contributed by atoms with E-state index in [0.29, 0.717) is 0 Å². The first-order valence-corrected chi connectivity index (χ1v) is 3.00. The minimum atomic E-state index is -0.491. The molecule has 8 heavy (non-hydrogen) atoms. The standard InChI is InChI=1S/C4H5NO2S/c5-3(6)4-7-1-2-8-4/h1-2,4H,(H2,5,6). The summed E-state index contributed by atoms with van der Waals surface area (Å²) in [5.41, 5.74) is 4.38. The lowest BCUT2D eigenvalue weighted by atomic mass is 10.7. The van der Waals surface area contributed by atoms with Gasteiger partial charge in [0.15, 0.2) is 0 Å². The van der Waals surface area contributed by atoms with Crippen molar-refractivity contribution in [2.45, 2.75) is 5.44 Å². The molecule has 1 aliphatic rings. The minimum absolute atomic E-state index is 0.431. The number of thioether (sulfide) groups is 1. The molecule has 0 saturated carbocycles. The highest BCUT2D eigenvalue weighted by atomic mass is 32.2. The van der Waals surface area contributed by atoms with E-state index in [1.807, 2.05) is 0 Å². The minimum Gasteiger partial charge on any atom is -0.477 e.